The molecule has 0 saturated heterocycles. The van der Waals surface area contributed by atoms with Gasteiger partial charge in [0.15, 0.2) is 5.78 Å². The van der Waals surface area contributed by atoms with E-state index in [0.717, 1.165) is 0 Å². The number of rotatable bonds is 1. The number of allylic oxidation sites excluding steroid dienone is 2. The highest BCUT2D eigenvalue weighted by atomic mass is 16.5. The summed E-state index contributed by atoms with van der Waals surface area (Å²) in [5.41, 5.74) is 5.67. The highest BCUT2D eigenvalue weighted by molar-refractivity contribution is 6.06. The molecule has 14 heavy (non-hydrogen) atoms. The van der Waals surface area contributed by atoms with Gasteiger partial charge in [-0.15, -0.1) is 0 Å². The van der Waals surface area contributed by atoms with Crippen molar-refractivity contribution in [2.45, 2.75) is 20.3 Å². The van der Waals surface area contributed by atoms with E-state index in [9.17, 15) is 9.59 Å². The summed E-state index contributed by atoms with van der Waals surface area (Å²) >= 11 is 0. The molecule has 0 aromatic carbocycles. The average molecular weight is 197 g/mol. The van der Waals surface area contributed by atoms with Gasteiger partial charge in [0.1, 0.15) is 5.92 Å². The third kappa shape index (κ3) is 1.78. The Morgan fingerprint density at radius 1 is 1.64 bits per heavy atom. The number of carbonyl (C=O) groups is 2. The summed E-state index contributed by atoms with van der Waals surface area (Å²) in [5.74, 6) is -1.46. The summed E-state index contributed by atoms with van der Waals surface area (Å²) in [7, 11) is 1.29. The maximum absolute atomic E-state index is 11.6. The van der Waals surface area contributed by atoms with Gasteiger partial charge in [-0.1, -0.05) is 13.8 Å². The van der Waals surface area contributed by atoms with Gasteiger partial charge in [-0.2, -0.15) is 0 Å². The van der Waals surface area contributed by atoms with E-state index in [-0.39, 0.29) is 5.78 Å². The van der Waals surface area contributed by atoms with Crippen molar-refractivity contribution >= 4 is 11.8 Å². The van der Waals surface area contributed by atoms with Gasteiger partial charge in [0.05, 0.1) is 7.11 Å². The van der Waals surface area contributed by atoms with E-state index in [1.807, 2.05) is 13.8 Å². The molecule has 0 aromatic rings. The first-order valence-electron chi connectivity index (χ1n) is 4.46. The number of hydrogen-bond acceptors (Lipinski definition) is 4. The molecule has 0 aliphatic heterocycles. The fraction of sp³-hybridized carbons (Fsp3) is 0.600. The van der Waals surface area contributed by atoms with Gasteiger partial charge in [0.2, 0.25) is 0 Å². The Bertz CT molecular complexity index is 304. The van der Waals surface area contributed by atoms with Gasteiger partial charge in [-0.05, 0) is 11.8 Å². The summed E-state index contributed by atoms with van der Waals surface area (Å²) in [6.45, 7) is 3.68. The number of ketones is 1. The molecular weight excluding hydrogens is 182 g/mol. The van der Waals surface area contributed by atoms with Gasteiger partial charge in [0, 0.05) is 11.8 Å². The molecule has 0 amide bonds. The first-order chi connectivity index (χ1) is 6.38. The fourth-order valence-electron chi connectivity index (χ4n) is 1.88. The van der Waals surface area contributed by atoms with Gasteiger partial charge in [-0.25, -0.2) is 0 Å². The highest BCUT2D eigenvalue weighted by Crippen LogP contribution is 2.37. The number of esters is 1. The maximum Gasteiger partial charge on any atom is 0.317 e. The summed E-state index contributed by atoms with van der Waals surface area (Å²) in [6.07, 6.45) is 1.87. The second kappa shape index (κ2) is 3.44. The first-order valence-corrected chi connectivity index (χ1v) is 4.46. The normalized spacial score (nSPS) is 25.5. The Morgan fingerprint density at radius 2 is 2.21 bits per heavy atom. The summed E-state index contributed by atoms with van der Waals surface area (Å²) in [5, 5.41) is 0. The van der Waals surface area contributed by atoms with Crippen molar-refractivity contribution in [3.8, 4) is 0 Å². The van der Waals surface area contributed by atoms with Crippen LogP contribution in [0.2, 0.25) is 0 Å². The molecule has 1 atom stereocenters. The lowest BCUT2D eigenvalue weighted by molar-refractivity contribution is -0.153. The molecule has 0 heterocycles. The molecule has 0 fully saturated rings. The quantitative estimate of drug-likeness (QED) is 0.494. The van der Waals surface area contributed by atoms with Crippen molar-refractivity contribution in [1.82, 2.24) is 0 Å². The van der Waals surface area contributed by atoms with E-state index in [1.165, 1.54) is 13.2 Å². The zero-order chi connectivity index (χ0) is 10.9. The zero-order valence-corrected chi connectivity index (χ0v) is 8.66. The zero-order valence-electron chi connectivity index (χ0n) is 8.66. The van der Waals surface area contributed by atoms with E-state index < -0.39 is 17.3 Å². The van der Waals surface area contributed by atoms with Crippen LogP contribution in [-0.2, 0) is 14.3 Å². The average Bonchev–Trinajstić information content (AvgIpc) is 1.99. The molecule has 0 aromatic heterocycles. The minimum Gasteiger partial charge on any atom is -0.468 e. The van der Waals surface area contributed by atoms with Crippen molar-refractivity contribution in [2.75, 3.05) is 7.11 Å². The molecule has 0 radical (unpaired) electrons. The Hall–Kier alpha value is -1.32. The molecule has 1 unspecified atom stereocenters. The Balaban J connectivity index is 3.04. The van der Waals surface area contributed by atoms with Crippen LogP contribution in [0, 0.1) is 11.3 Å². The number of methoxy groups -OCH3 is 1. The molecule has 4 nitrogen and oxygen atoms in total. The van der Waals surface area contributed by atoms with E-state index in [4.69, 9.17) is 5.73 Å². The van der Waals surface area contributed by atoms with Crippen molar-refractivity contribution < 1.29 is 14.3 Å². The van der Waals surface area contributed by atoms with Crippen molar-refractivity contribution in [3.63, 3.8) is 0 Å². The molecule has 0 saturated carbocycles. The van der Waals surface area contributed by atoms with Crippen LogP contribution in [-0.4, -0.2) is 18.9 Å². The Kier molecular flexibility index (Phi) is 2.64. The predicted molar refractivity (Wildman–Crippen MR) is 51.2 cm³/mol. The number of hydrogen-bond donors (Lipinski definition) is 1. The summed E-state index contributed by atoms with van der Waals surface area (Å²) in [6, 6.07) is 0. The van der Waals surface area contributed by atoms with Gasteiger partial charge < -0.3 is 10.5 Å². The SMILES string of the molecule is COC(=O)C1C(=O)C=C(N)CC1(C)C. The third-order valence-electron chi connectivity index (χ3n) is 2.49. The van der Waals surface area contributed by atoms with E-state index in [0.29, 0.717) is 12.1 Å². The Labute approximate surface area is 83.1 Å². The summed E-state index contributed by atoms with van der Waals surface area (Å²) in [4.78, 5) is 22.9. The van der Waals surface area contributed by atoms with E-state index in [1.54, 1.807) is 0 Å². The van der Waals surface area contributed by atoms with Crippen LogP contribution in [0.3, 0.4) is 0 Å². The first kappa shape index (κ1) is 10.8. The molecular formula is C10H15NO3. The monoisotopic (exact) mass is 197 g/mol. The van der Waals surface area contributed by atoms with Crippen molar-refractivity contribution in [3.05, 3.63) is 11.8 Å². The third-order valence-corrected chi connectivity index (χ3v) is 2.49. The molecule has 0 bridgehead atoms. The van der Waals surface area contributed by atoms with Gasteiger partial charge >= 0.3 is 5.97 Å². The number of nitrogens with two attached hydrogens (primary N) is 1. The van der Waals surface area contributed by atoms with Gasteiger partial charge in [0.25, 0.3) is 0 Å². The minimum absolute atomic E-state index is 0.259. The van der Waals surface area contributed by atoms with Crippen LogP contribution < -0.4 is 5.73 Å². The largest absolute Gasteiger partial charge is 0.468 e. The van der Waals surface area contributed by atoms with Crippen LogP contribution in [0.4, 0.5) is 0 Å². The fourth-order valence-corrected chi connectivity index (χ4v) is 1.88. The second-order valence-corrected chi connectivity index (χ2v) is 4.24. The topological polar surface area (TPSA) is 69.4 Å². The molecule has 78 valence electrons. The van der Waals surface area contributed by atoms with Crippen LogP contribution in [0.15, 0.2) is 11.8 Å². The molecule has 1 aliphatic rings. The molecule has 0 spiro atoms. The lowest BCUT2D eigenvalue weighted by Gasteiger charge is -2.33. The molecule has 4 heteroatoms. The van der Waals surface area contributed by atoms with E-state index in [2.05, 4.69) is 4.74 Å². The smallest absolute Gasteiger partial charge is 0.317 e. The molecule has 1 aliphatic carbocycles. The van der Waals surface area contributed by atoms with Crippen molar-refractivity contribution in [2.24, 2.45) is 17.1 Å². The lowest BCUT2D eigenvalue weighted by Crippen LogP contribution is -2.41. The number of carbonyl (C=O) groups excluding carboxylic acids is 2. The minimum atomic E-state index is -0.722. The van der Waals surface area contributed by atoms with Crippen LogP contribution in [0.5, 0.6) is 0 Å². The molecule has 1 rings (SSSR count). The maximum atomic E-state index is 11.6. The predicted octanol–water partition coefficient (Wildman–Crippen LogP) is 0.617. The Morgan fingerprint density at radius 3 is 2.64 bits per heavy atom. The lowest BCUT2D eigenvalue weighted by atomic mass is 9.70. The summed E-state index contributed by atoms with van der Waals surface area (Å²) < 4.78 is 4.60. The molecule has 2 N–H and O–H groups in total. The van der Waals surface area contributed by atoms with Crippen LogP contribution in [0.25, 0.3) is 0 Å². The van der Waals surface area contributed by atoms with Crippen LogP contribution >= 0.6 is 0 Å². The van der Waals surface area contributed by atoms with E-state index >= 15 is 0 Å². The standard InChI is InChI=1S/C10H15NO3/c1-10(2)5-6(11)4-7(12)8(10)9(13)14-3/h4,8H,5,11H2,1-3H3. The highest BCUT2D eigenvalue weighted by Gasteiger charge is 2.43. The van der Waals surface area contributed by atoms with Gasteiger partial charge in [-0.3, -0.25) is 9.59 Å². The number of ether oxygens (including phenoxy) is 1. The van der Waals surface area contributed by atoms with Crippen LogP contribution in [0.1, 0.15) is 20.3 Å². The second-order valence-electron chi connectivity index (χ2n) is 4.24. The van der Waals surface area contributed by atoms with Crippen molar-refractivity contribution in [1.29, 1.82) is 0 Å².